The minimum atomic E-state index is -1.32. The van der Waals surface area contributed by atoms with E-state index in [1.54, 1.807) is 6.07 Å². The Labute approximate surface area is 155 Å². The molecule has 2 N–H and O–H groups in total. The molecule has 2 aromatic carbocycles. The molecule has 0 saturated carbocycles. The zero-order valence-corrected chi connectivity index (χ0v) is 14.3. The molecule has 136 valence electrons. The summed E-state index contributed by atoms with van der Waals surface area (Å²) in [6.45, 7) is 0.116. The standard InChI is InChI=1S/C20H17N3O4/c24-19(25)18(23-11-5-10-21-23)22-20(26)27-12-17-15-8-3-1-6-13(15)14-7-2-4-9-16(14)17/h1-11,17-18H,12H2,(H,22,26)(H,24,25)/t18-/m0/s1. The van der Waals surface area contributed by atoms with Crippen molar-refractivity contribution >= 4 is 12.1 Å². The molecule has 1 aliphatic rings. The first-order valence-corrected chi connectivity index (χ1v) is 8.48. The molecule has 0 unspecified atom stereocenters. The van der Waals surface area contributed by atoms with Crippen LogP contribution in [0.5, 0.6) is 0 Å². The monoisotopic (exact) mass is 363 g/mol. The lowest BCUT2D eigenvalue weighted by atomic mass is 9.98. The number of rotatable bonds is 5. The predicted molar refractivity (Wildman–Crippen MR) is 97.1 cm³/mol. The fourth-order valence-corrected chi connectivity index (χ4v) is 3.43. The van der Waals surface area contributed by atoms with Crippen molar-refractivity contribution in [3.63, 3.8) is 0 Å². The number of fused-ring (bicyclic) bond motifs is 3. The summed E-state index contributed by atoms with van der Waals surface area (Å²) >= 11 is 0. The number of carboxylic acid groups (broad SMARTS) is 1. The van der Waals surface area contributed by atoms with Crippen LogP contribution in [-0.4, -0.2) is 33.6 Å². The van der Waals surface area contributed by atoms with E-state index in [-0.39, 0.29) is 12.5 Å². The smallest absolute Gasteiger partial charge is 0.409 e. The normalized spacial score (nSPS) is 13.5. The van der Waals surface area contributed by atoms with Gasteiger partial charge in [-0.15, -0.1) is 0 Å². The maximum atomic E-state index is 12.2. The number of alkyl carbamates (subject to hydrolysis) is 1. The summed E-state index contributed by atoms with van der Waals surface area (Å²) in [6.07, 6.45) is 0.771. The molecule has 27 heavy (non-hydrogen) atoms. The molecule has 7 nitrogen and oxygen atoms in total. The predicted octanol–water partition coefficient (Wildman–Crippen LogP) is 3.01. The maximum Gasteiger partial charge on any atom is 0.409 e. The van der Waals surface area contributed by atoms with Gasteiger partial charge in [0.2, 0.25) is 6.17 Å². The van der Waals surface area contributed by atoms with Crippen LogP contribution in [-0.2, 0) is 9.53 Å². The molecule has 1 heterocycles. The Morgan fingerprint density at radius 1 is 1.07 bits per heavy atom. The Balaban J connectivity index is 1.49. The summed E-state index contributed by atoms with van der Waals surface area (Å²) in [7, 11) is 0. The molecule has 0 radical (unpaired) electrons. The highest BCUT2D eigenvalue weighted by molar-refractivity contribution is 5.80. The first-order valence-electron chi connectivity index (χ1n) is 8.48. The van der Waals surface area contributed by atoms with E-state index in [0.717, 1.165) is 26.9 Å². The fourth-order valence-electron chi connectivity index (χ4n) is 3.43. The van der Waals surface area contributed by atoms with E-state index >= 15 is 0 Å². The molecule has 4 rings (SSSR count). The van der Waals surface area contributed by atoms with Crippen LogP contribution in [0.1, 0.15) is 23.2 Å². The average molecular weight is 363 g/mol. The Bertz CT molecular complexity index is 939. The van der Waals surface area contributed by atoms with E-state index in [0.29, 0.717) is 0 Å². The van der Waals surface area contributed by atoms with Crippen LogP contribution in [0.3, 0.4) is 0 Å². The number of aromatic nitrogens is 2. The van der Waals surface area contributed by atoms with Gasteiger partial charge < -0.3 is 9.84 Å². The summed E-state index contributed by atoms with van der Waals surface area (Å²) in [5.74, 6) is -1.32. The zero-order valence-electron chi connectivity index (χ0n) is 14.3. The summed E-state index contributed by atoms with van der Waals surface area (Å²) < 4.78 is 6.51. The van der Waals surface area contributed by atoms with Crippen molar-refractivity contribution in [3.05, 3.63) is 78.1 Å². The fraction of sp³-hybridized carbons (Fsp3) is 0.150. The third-order valence-corrected chi connectivity index (χ3v) is 4.62. The summed E-state index contributed by atoms with van der Waals surface area (Å²) in [5, 5.41) is 15.5. The lowest BCUT2D eigenvalue weighted by molar-refractivity contribution is -0.142. The molecular formula is C20H17N3O4. The van der Waals surface area contributed by atoms with E-state index in [4.69, 9.17) is 4.74 Å². The number of benzene rings is 2. The van der Waals surface area contributed by atoms with Crippen LogP contribution in [0.2, 0.25) is 0 Å². The van der Waals surface area contributed by atoms with Gasteiger partial charge in [-0.25, -0.2) is 14.3 Å². The second-order valence-corrected chi connectivity index (χ2v) is 6.20. The number of ether oxygens (including phenoxy) is 1. The van der Waals surface area contributed by atoms with Crippen molar-refractivity contribution in [2.75, 3.05) is 6.61 Å². The highest BCUT2D eigenvalue weighted by atomic mass is 16.5. The van der Waals surface area contributed by atoms with Gasteiger partial charge in [0, 0.05) is 18.3 Å². The topological polar surface area (TPSA) is 93.5 Å². The molecular weight excluding hydrogens is 346 g/mol. The summed E-state index contributed by atoms with van der Waals surface area (Å²) in [6, 6.07) is 17.6. The number of aliphatic carboxylic acids is 1. The van der Waals surface area contributed by atoms with Gasteiger partial charge >= 0.3 is 12.1 Å². The van der Waals surface area contributed by atoms with E-state index in [1.807, 2.05) is 48.5 Å². The Hall–Kier alpha value is -3.61. The van der Waals surface area contributed by atoms with Gasteiger partial charge in [-0.05, 0) is 28.3 Å². The Kier molecular flexibility index (Phi) is 4.33. The Morgan fingerprint density at radius 2 is 1.70 bits per heavy atom. The van der Waals surface area contributed by atoms with E-state index in [1.165, 1.54) is 12.4 Å². The van der Waals surface area contributed by atoms with Gasteiger partial charge in [0.05, 0.1) is 0 Å². The van der Waals surface area contributed by atoms with Crippen LogP contribution in [0.15, 0.2) is 67.0 Å². The van der Waals surface area contributed by atoms with Crippen molar-refractivity contribution in [2.24, 2.45) is 0 Å². The first-order chi connectivity index (χ1) is 13.1. The van der Waals surface area contributed by atoms with Crippen molar-refractivity contribution in [1.82, 2.24) is 15.1 Å². The van der Waals surface area contributed by atoms with E-state index < -0.39 is 18.2 Å². The molecule has 0 spiro atoms. The van der Waals surface area contributed by atoms with Crippen molar-refractivity contribution in [3.8, 4) is 11.1 Å². The number of carbonyl (C=O) groups is 2. The SMILES string of the molecule is O=C(N[C@H](C(=O)O)n1cccn1)OCC1c2ccccc2-c2ccccc21. The lowest BCUT2D eigenvalue weighted by Gasteiger charge is -2.17. The second-order valence-electron chi connectivity index (χ2n) is 6.20. The van der Waals surface area contributed by atoms with Gasteiger partial charge in [-0.2, -0.15) is 5.10 Å². The average Bonchev–Trinajstić information content (AvgIpc) is 3.31. The summed E-state index contributed by atoms with van der Waals surface area (Å²) in [4.78, 5) is 23.6. The van der Waals surface area contributed by atoms with Crippen LogP contribution in [0.4, 0.5) is 4.79 Å². The number of hydrogen-bond acceptors (Lipinski definition) is 4. The molecule has 0 aliphatic heterocycles. The minimum Gasteiger partial charge on any atom is -0.478 e. The second kappa shape index (κ2) is 6.95. The molecule has 1 aromatic heterocycles. The van der Waals surface area contributed by atoms with Gasteiger partial charge in [0.1, 0.15) is 6.61 Å². The van der Waals surface area contributed by atoms with Crippen molar-refractivity contribution < 1.29 is 19.4 Å². The van der Waals surface area contributed by atoms with Crippen LogP contribution in [0, 0.1) is 0 Å². The number of amides is 1. The van der Waals surface area contributed by atoms with E-state index in [9.17, 15) is 14.7 Å². The number of carboxylic acids is 1. The highest BCUT2D eigenvalue weighted by Gasteiger charge is 2.30. The molecule has 1 aliphatic carbocycles. The van der Waals surface area contributed by atoms with Crippen LogP contribution >= 0.6 is 0 Å². The lowest BCUT2D eigenvalue weighted by Crippen LogP contribution is -2.38. The third-order valence-electron chi connectivity index (χ3n) is 4.62. The number of nitrogens with one attached hydrogen (secondary N) is 1. The molecule has 7 heteroatoms. The van der Waals surface area contributed by atoms with Crippen molar-refractivity contribution in [2.45, 2.75) is 12.1 Å². The van der Waals surface area contributed by atoms with Crippen molar-refractivity contribution in [1.29, 1.82) is 0 Å². The van der Waals surface area contributed by atoms with Gasteiger partial charge in [0.15, 0.2) is 0 Å². The number of carbonyl (C=O) groups excluding carboxylic acids is 1. The molecule has 3 aromatic rings. The highest BCUT2D eigenvalue weighted by Crippen LogP contribution is 2.44. The Morgan fingerprint density at radius 3 is 2.26 bits per heavy atom. The number of nitrogens with zero attached hydrogens (tertiary/aromatic N) is 2. The molecule has 1 amide bonds. The van der Waals surface area contributed by atoms with E-state index in [2.05, 4.69) is 10.4 Å². The maximum absolute atomic E-state index is 12.2. The van der Waals surface area contributed by atoms with Gasteiger partial charge in [-0.1, -0.05) is 48.5 Å². The molecule has 0 saturated heterocycles. The third kappa shape index (κ3) is 3.15. The zero-order chi connectivity index (χ0) is 18.8. The van der Waals surface area contributed by atoms with Crippen LogP contribution in [0.25, 0.3) is 11.1 Å². The molecule has 0 fully saturated rings. The van der Waals surface area contributed by atoms with Crippen LogP contribution < -0.4 is 5.32 Å². The van der Waals surface area contributed by atoms with Gasteiger partial charge in [-0.3, -0.25) is 5.32 Å². The number of hydrogen-bond donors (Lipinski definition) is 2. The largest absolute Gasteiger partial charge is 0.478 e. The molecule has 1 atom stereocenters. The quantitative estimate of drug-likeness (QED) is 0.727. The first kappa shape index (κ1) is 16.8. The van der Waals surface area contributed by atoms with Gasteiger partial charge in [0.25, 0.3) is 0 Å². The minimum absolute atomic E-state index is 0.0869. The summed E-state index contributed by atoms with van der Waals surface area (Å²) in [5.41, 5.74) is 4.44. The molecule has 0 bridgehead atoms.